The van der Waals surface area contributed by atoms with E-state index in [1.165, 1.54) is 24.1 Å². The first-order chi connectivity index (χ1) is 18.9. The Morgan fingerprint density at radius 3 is 2.31 bits per heavy atom. The molecule has 9 nitrogen and oxygen atoms in total. The molecule has 0 radical (unpaired) electrons. The third-order valence-electron chi connectivity index (χ3n) is 7.72. The van der Waals surface area contributed by atoms with E-state index < -0.39 is 17.2 Å². The van der Waals surface area contributed by atoms with Crippen LogP contribution in [0.15, 0.2) is 60.7 Å². The highest BCUT2D eigenvalue weighted by atomic mass is 19.1. The first kappa shape index (κ1) is 24.6. The number of nitrogens with zero attached hydrogens (tertiary/aromatic N) is 4. The molecular formula is C29H24FN5O4. The van der Waals surface area contributed by atoms with Crippen molar-refractivity contribution in [3.05, 3.63) is 111 Å². The summed E-state index contributed by atoms with van der Waals surface area (Å²) in [5, 5.41) is 15.1. The van der Waals surface area contributed by atoms with Crippen LogP contribution in [-0.4, -0.2) is 57.0 Å². The summed E-state index contributed by atoms with van der Waals surface area (Å²) < 4.78 is 19.8. The summed E-state index contributed by atoms with van der Waals surface area (Å²) in [5.74, 6) is -1.31. The number of hydrogen-bond acceptors (Lipinski definition) is 7. The third-order valence-corrected chi connectivity index (χ3v) is 7.72. The number of imide groups is 1. The first-order valence-corrected chi connectivity index (χ1v) is 12.6. The molecule has 0 bridgehead atoms. The van der Waals surface area contributed by atoms with Crippen molar-refractivity contribution in [2.24, 2.45) is 0 Å². The number of ether oxygens (including phenoxy) is 1. The molecule has 1 aromatic heterocycles. The van der Waals surface area contributed by atoms with Crippen LogP contribution >= 0.6 is 0 Å². The second-order valence-electron chi connectivity index (χ2n) is 9.74. The molecule has 0 spiro atoms. The van der Waals surface area contributed by atoms with Gasteiger partial charge in [-0.3, -0.25) is 19.3 Å². The highest BCUT2D eigenvalue weighted by Crippen LogP contribution is 2.46. The lowest BCUT2D eigenvalue weighted by atomic mass is 9.69. The van der Waals surface area contributed by atoms with Crippen molar-refractivity contribution in [3.8, 4) is 0 Å². The minimum absolute atomic E-state index is 0.0253. The Bertz CT molecular complexity index is 1580. The maximum atomic E-state index is 14.9. The normalized spacial score (nSPS) is 17.8. The molecule has 3 aromatic carbocycles. The molecule has 0 saturated heterocycles. The summed E-state index contributed by atoms with van der Waals surface area (Å²) in [6.07, 6.45) is 1.49. The molecule has 1 aliphatic heterocycles. The molecule has 1 atom stereocenters. The molecule has 2 amide bonds. The largest absolute Gasteiger partial charge is 0.469 e. The highest BCUT2D eigenvalue weighted by Gasteiger charge is 2.46. The van der Waals surface area contributed by atoms with Crippen LogP contribution in [0.2, 0.25) is 0 Å². The zero-order chi connectivity index (χ0) is 27.1. The van der Waals surface area contributed by atoms with Crippen LogP contribution in [0.4, 0.5) is 4.39 Å². The number of benzene rings is 3. The molecule has 0 fully saturated rings. The number of carbonyl (C=O) groups is 3. The van der Waals surface area contributed by atoms with E-state index in [-0.39, 0.29) is 37.0 Å². The molecule has 6 rings (SSSR count). The maximum absolute atomic E-state index is 14.9. The summed E-state index contributed by atoms with van der Waals surface area (Å²) in [4.78, 5) is 39.8. The molecule has 39 heavy (non-hydrogen) atoms. The smallest absolute Gasteiger partial charge is 0.309 e. The molecule has 0 saturated carbocycles. The second-order valence-corrected chi connectivity index (χ2v) is 9.74. The van der Waals surface area contributed by atoms with Gasteiger partial charge in [-0.15, -0.1) is 10.2 Å². The number of aromatic amines is 1. The van der Waals surface area contributed by atoms with E-state index in [2.05, 4.69) is 20.6 Å². The van der Waals surface area contributed by atoms with E-state index in [9.17, 15) is 18.8 Å². The summed E-state index contributed by atoms with van der Waals surface area (Å²) in [6.45, 7) is 0.0253. The fraction of sp³-hybridized carbons (Fsp3) is 0.241. The van der Waals surface area contributed by atoms with Crippen LogP contribution < -0.4 is 0 Å². The fourth-order valence-electron chi connectivity index (χ4n) is 5.85. The van der Waals surface area contributed by atoms with Gasteiger partial charge in [0.1, 0.15) is 5.82 Å². The topological polar surface area (TPSA) is 118 Å². The SMILES string of the molecule is COC(=O)Cc1ccc2c(c1)C(CCN1C(=O)c3ccccc3C1=O)(c1nn[nH]n1)c1cc(F)ccc1CC2. The van der Waals surface area contributed by atoms with Gasteiger partial charge < -0.3 is 4.74 Å². The quantitative estimate of drug-likeness (QED) is 0.303. The zero-order valence-electron chi connectivity index (χ0n) is 21.1. The van der Waals surface area contributed by atoms with Gasteiger partial charge >= 0.3 is 5.97 Å². The van der Waals surface area contributed by atoms with Crippen molar-refractivity contribution in [3.63, 3.8) is 0 Å². The number of hydrogen-bond donors (Lipinski definition) is 1. The monoisotopic (exact) mass is 525 g/mol. The van der Waals surface area contributed by atoms with E-state index in [0.717, 1.165) is 16.7 Å². The van der Waals surface area contributed by atoms with Gasteiger partial charge in [-0.2, -0.15) is 5.21 Å². The Morgan fingerprint density at radius 2 is 1.67 bits per heavy atom. The van der Waals surface area contributed by atoms with E-state index in [0.29, 0.717) is 35.1 Å². The van der Waals surface area contributed by atoms with Gasteiger partial charge in [0.2, 0.25) is 0 Å². The second kappa shape index (κ2) is 9.54. The molecule has 1 aliphatic carbocycles. The molecule has 4 aromatic rings. The van der Waals surface area contributed by atoms with Crippen LogP contribution in [0.25, 0.3) is 0 Å². The molecule has 196 valence electrons. The van der Waals surface area contributed by atoms with Gasteiger partial charge in [0.25, 0.3) is 11.8 Å². The Kier molecular flexibility index (Phi) is 6.02. The number of aryl methyl sites for hydroxylation is 2. The van der Waals surface area contributed by atoms with Crippen LogP contribution in [0.1, 0.15) is 60.8 Å². The average molecular weight is 526 g/mol. The van der Waals surface area contributed by atoms with Gasteiger partial charge in [0.15, 0.2) is 5.82 Å². The number of carbonyl (C=O) groups excluding carboxylic acids is 3. The van der Waals surface area contributed by atoms with E-state index in [1.54, 1.807) is 30.3 Å². The standard InChI is InChI=1S/C29H24FN5O4/c1-39-25(36)15-17-6-7-18-8-9-19-10-11-20(30)16-24(19)29(23(18)14-17,28-31-33-34-32-28)12-13-35-26(37)21-4-2-3-5-22(21)27(35)38/h2-7,10-11,14,16H,8-9,12-13,15H2,1H3,(H,31,32,33,34). The van der Waals surface area contributed by atoms with Gasteiger partial charge in [0.05, 0.1) is 30.1 Å². The van der Waals surface area contributed by atoms with Crippen molar-refractivity contribution in [2.75, 3.05) is 13.7 Å². The van der Waals surface area contributed by atoms with Gasteiger partial charge in [-0.25, -0.2) is 4.39 Å². The summed E-state index contributed by atoms with van der Waals surface area (Å²) in [7, 11) is 1.33. The van der Waals surface area contributed by atoms with Crippen molar-refractivity contribution < 1.29 is 23.5 Å². The Labute approximate surface area is 223 Å². The van der Waals surface area contributed by atoms with Crippen LogP contribution in [0, 0.1) is 5.82 Å². The Balaban J connectivity index is 1.53. The molecule has 1 unspecified atom stereocenters. The van der Waals surface area contributed by atoms with Gasteiger partial charge in [-0.1, -0.05) is 41.6 Å². The molecule has 1 N–H and O–H groups in total. The maximum Gasteiger partial charge on any atom is 0.309 e. The molecular weight excluding hydrogens is 501 g/mol. The number of tetrazole rings is 1. The number of rotatable bonds is 6. The number of fused-ring (bicyclic) bond motifs is 3. The lowest BCUT2D eigenvalue weighted by Crippen LogP contribution is -2.39. The number of esters is 1. The fourth-order valence-corrected chi connectivity index (χ4v) is 5.85. The zero-order valence-corrected chi connectivity index (χ0v) is 21.1. The number of H-pyrrole nitrogens is 1. The molecule has 2 aliphatic rings. The predicted octanol–water partition coefficient (Wildman–Crippen LogP) is 3.17. The summed E-state index contributed by atoms with van der Waals surface area (Å²) >= 11 is 0. The summed E-state index contributed by atoms with van der Waals surface area (Å²) in [6, 6.07) is 17.1. The summed E-state index contributed by atoms with van der Waals surface area (Å²) in [5.41, 5.74) is 3.50. The number of methoxy groups -OCH3 is 1. The first-order valence-electron chi connectivity index (χ1n) is 12.6. The average Bonchev–Trinajstić information content (AvgIpc) is 3.54. The van der Waals surface area contributed by atoms with Crippen LogP contribution in [0.5, 0.6) is 0 Å². The van der Waals surface area contributed by atoms with Gasteiger partial charge in [-0.05, 0) is 71.3 Å². The minimum Gasteiger partial charge on any atom is -0.469 e. The van der Waals surface area contributed by atoms with E-state index in [4.69, 9.17) is 4.74 Å². The number of aromatic nitrogens is 4. The van der Waals surface area contributed by atoms with Crippen molar-refractivity contribution in [2.45, 2.75) is 31.1 Å². The predicted molar refractivity (Wildman–Crippen MR) is 136 cm³/mol. The van der Waals surface area contributed by atoms with E-state index >= 15 is 0 Å². The lowest BCUT2D eigenvalue weighted by molar-refractivity contribution is -0.139. The van der Waals surface area contributed by atoms with Gasteiger partial charge in [0, 0.05) is 6.54 Å². The Hall–Kier alpha value is -4.73. The van der Waals surface area contributed by atoms with Crippen LogP contribution in [-0.2, 0) is 34.2 Å². The van der Waals surface area contributed by atoms with E-state index in [1.807, 2.05) is 18.2 Å². The molecule has 10 heteroatoms. The van der Waals surface area contributed by atoms with Crippen molar-refractivity contribution >= 4 is 17.8 Å². The minimum atomic E-state index is -1.17. The van der Waals surface area contributed by atoms with Crippen molar-refractivity contribution in [1.82, 2.24) is 25.5 Å². The Morgan fingerprint density at radius 1 is 1.00 bits per heavy atom. The molecule has 2 heterocycles. The highest BCUT2D eigenvalue weighted by molar-refractivity contribution is 6.21. The number of amides is 2. The third kappa shape index (κ3) is 3.99. The number of halogens is 1. The lowest BCUT2D eigenvalue weighted by Gasteiger charge is -2.35. The number of nitrogens with one attached hydrogen (secondary N) is 1. The van der Waals surface area contributed by atoms with Crippen LogP contribution in [0.3, 0.4) is 0 Å². The van der Waals surface area contributed by atoms with Crippen molar-refractivity contribution in [1.29, 1.82) is 0 Å².